The van der Waals surface area contributed by atoms with Gasteiger partial charge >= 0.3 is 0 Å². The van der Waals surface area contributed by atoms with Crippen LogP contribution in [-0.4, -0.2) is 16.2 Å². The molecule has 1 N–H and O–H groups in total. The molecule has 6 heteroatoms. The van der Waals surface area contributed by atoms with Crippen molar-refractivity contribution in [2.45, 2.75) is 11.6 Å². The summed E-state index contributed by atoms with van der Waals surface area (Å²) in [5.41, 5.74) is 1.36. The summed E-state index contributed by atoms with van der Waals surface area (Å²) < 4.78 is 0. The van der Waals surface area contributed by atoms with Crippen molar-refractivity contribution in [3.05, 3.63) is 45.7 Å². The fraction of sp³-hybridized carbons (Fsp3) is 0.143. The number of benzene rings is 1. The largest absolute Gasteiger partial charge is 0.300 e. The van der Waals surface area contributed by atoms with Gasteiger partial charge in [0, 0.05) is 5.56 Å². The molecule has 0 saturated carbocycles. The zero-order chi connectivity index (χ0) is 14.5. The lowest BCUT2D eigenvalue weighted by molar-refractivity contribution is 0.937. The second-order valence-electron chi connectivity index (χ2n) is 3.95. The molecule has 0 bridgehead atoms. The molecule has 1 aromatic carbocycles. The molecule has 98 valence electrons. The summed E-state index contributed by atoms with van der Waals surface area (Å²) in [6, 6.07) is 11.1. The minimum atomic E-state index is -0.451. The third-order valence-electron chi connectivity index (χ3n) is 2.69. The van der Waals surface area contributed by atoms with Gasteiger partial charge in [-0.1, -0.05) is 30.0 Å². The Balaban J connectivity index is 2.66. The van der Waals surface area contributed by atoms with Crippen LogP contribution in [0.4, 0.5) is 0 Å². The van der Waals surface area contributed by atoms with Crippen molar-refractivity contribution in [1.29, 1.82) is 10.5 Å². The van der Waals surface area contributed by atoms with Gasteiger partial charge in [-0.05, 0) is 17.9 Å². The number of hydrogen-bond donors (Lipinski definition) is 1. The van der Waals surface area contributed by atoms with Gasteiger partial charge in [0.1, 0.15) is 11.6 Å². The first kappa shape index (κ1) is 13.9. The number of aromatic nitrogens is 2. The Morgan fingerprint density at radius 1 is 1.40 bits per heavy atom. The number of rotatable bonds is 3. The Hall–Kier alpha value is -2.57. The molecule has 0 radical (unpaired) electrons. The SMILES string of the molecule is CSc1nc(-c2cccc(CC#N)c2)c(C#N)c(=O)[nH]1. The van der Waals surface area contributed by atoms with Crippen molar-refractivity contribution in [2.24, 2.45) is 0 Å². The molecule has 0 unspecified atom stereocenters. The number of thioether (sulfide) groups is 1. The predicted molar refractivity (Wildman–Crippen MR) is 76.1 cm³/mol. The number of nitrogens with one attached hydrogen (secondary N) is 1. The van der Waals surface area contributed by atoms with Crippen LogP contribution >= 0.6 is 11.8 Å². The number of H-pyrrole nitrogens is 1. The van der Waals surface area contributed by atoms with Crippen molar-refractivity contribution >= 4 is 11.8 Å². The van der Waals surface area contributed by atoms with Gasteiger partial charge in [0.15, 0.2) is 5.16 Å². The number of nitriles is 2. The van der Waals surface area contributed by atoms with E-state index < -0.39 is 5.56 Å². The quantitative estimate of drug-likeness (QED) is 0.687. The van der Waals surface area contributed by atoms with Gasteiger partial charge in [-0.15, -0.1) is 0 Å². The lowest BCUT2D eigenvalue weighted by Crippen LogP contribution is -2.14. The summed E-state index contributed by atoms with van der Waals surface area (Å²) in [6.07, 6.45) is 2.06. The van der Waals surface area contributed by atoms with E-state index in [4.69, 9.17) is 10.5 Å². The van der Waals surface area contributed by atoms with E-state index in [0.29, 0.717) is 16.4 Å². The monoisotopic (exact) mass is 282 g/mol. The smallest absolute Gasteiger partial charge is 0.270 e. The summed E-state index contributed by atoms with van der Waals surface area (Å²) >= 11 is 1.30. The van der Waals surface area contributed by atoms with Crippen LogP contribution in [0, 0.1) is 22.7 Å². The van der Waals surface area contributed by atoms with Crippen LogP contribution in [0.25, 0.3) is 11.3 Å². The van der Waals surface area contributed by atoms with Crippen LogP contribution < -0.4 is 5.56 Å². The second kappa shape index (κ2) is 6.05. The predicted octanol–water partition coefficient (Wildman–Crippen LogP) is 2.10. The Morgan fingerprint density at radius 3 is 2.85 bits per heavy atom. The topological polar surface area (TPSA) is 93.3 Å². The molecule has 20 heavy (non-hydrogen) atoms. The molecule has 0 atom stereocenters. The molecule has 0 amide bonds. The molecular formula is C14H10N4OS. The first-order chi connectivity index (χ1) is 9.69. The molecule has 1 heterocycles. The number of nitrogens with zero attached hydrogens (tertiary/aromatic N) is 3. The summed E-state index contributed by atoms with van der Waals surface area (Å²) in [4.78, 5) is 18.7. The normalized spacial score (nSPS) is 9.75. The average Bonchev–Trinajstić information content (AvgIpc) is 2.47. The van der Waals surface area contributed by atoms with Crippen LogP contribution in [-0.2, 0) is 6.42 Å². The number of hydrogen-bond acceptors (Lipinski definition) is 5. The summed E-state index contributed by atoms with van der Waals surface area (Å²) in [7, 11) is 0. The maximum absolute atomic E-state index is 11.9. The Morgan fingerprint density at radius 2 is 2.20 bits per heavy atom. The van der Waals surface area contributed by atoms with Gasteiger partial charge in [-0.2, -0.15) is 10.5 Å². The first-order valence-corrected chi connectivity index (χ1v) is 6.96. The molecule has 0 aliphatic rings. The maximum Gasteiger partial charge on any atom is 0.270 e. The Kier molecular flexibility index (Phi) is 4.19. The van der Waals surface area contributed by atoms with E-state index in [2.05, 4.69) is 16.0 Å². The van der Waals surface area contributed by atoms with Crippen LogP contribution in [0.2, 0.25) is 0 Å². The standard InChI is InChI=1S/C14H10N4OS/c1-20-14-17-12(11(8-16)13(19)18-14)10-4-2-3-9(7-10)5-6-15/h2-4,7H,5H2,1H3,(H,17,18,19). The summed E-state index contributed by atoms with van der Waals surface area (Å²) in [5.74, 6) is 0. The minimum absolute atomic E-state index is 0.0168. The van der Waals surface area contributed by atoms with Gasteiger partial charge < -0.3 is 4.98 Å². The number of aromatic amines is 1. The van der Waals surface area contributed by atoms with E-state index >= 15 is 0 Å². The zero-order valence-corrected chi connectivity index (χ0v) is 11.5. The highest BCUT2D eigenvalue weighted by molar-refractivity contribution is 7.98. The zero-order valence-electron chi connectivity index (χ0n) is 10.7. The third kappa shape index (κ3) is 2.71. The molecule has 0 fully saturated rings. The van der Waals surface area contributed by atoms with Gasteiger partial charge in [-0.25, -0.2) is 4.98 Å². The van der Waals surface area contributed by atoms with E-state index in [9.17, 15) is 4.79 Å². The third-order valence-corrected chi connectivity index (χ3v) is 3.27. The highest BCUT2D eigenvalue weighted by Crippen LogP contribution is 2.22. The molecule has 0 saturated heterocycles. The van der Waals surface area contributed by atoms with Crippen molar-refractivity contribution < 1.29 is 0 Å². The molecule has 0 aliphatic carbocycles. The highest BCUT2D eigenvalue weighted by Gasteiger charge is 2.13. The fourth-order valence-corrected chi connectivity index (χ4v) is 2.16. The second-order valence-corrected chi connectivity index (χ2v) is 4.74. The van der Waals surface area contributed by atoms with Gasteiger partial charge in [0.05, 0.1) is 18.2 Å². The molecule has 0 spiro atoms. The fourth-order valence-electron chi connectivity index (χ4n) is 1.78. The van der Waals surface area contributed by atoms with Crippen molar-refractivity contribution in [3.8, 4) is 23.4 Å². The molecular weight excluding hydrogens is 272 g/mol. The molecule has 1 aromatic heterocycles. The minimum Gasteiger partial charge on any atom is -0.300 e. The van der Waals surface area contributed by atoms with Crippen LogP contribution in [0.5, 0.6) is 0 Å². The summed E-state index contributed by atoms with van der Waals surface area (Å²) in [5, 5.41) is 18.3. The van der Waals surface area contributed by atoms with Crippen molar-refractivity contribution in [2.75, 3.05) is 6.26 Å². The summed E-state index contributed by atoms with van der Waals surface area (Å²) in [6.45, 7) is 0. The van der Waals surface area contributed by atoms with E-state index in [1.807, 2.05) is 12.1 Å². The maximum atomic E-state index is 11.9. The molecule has 2 rings (SSSR count). The molecule has 2 aromatic rings. The van der Waals surface area contributed by atoms with Crippen molar-refractivity contribution in [1.82, 2.24) is 9.97 Å². The molecule has 0 aliphatic heterocycles. The van der Waals surface area contributed by atoms with Gasteiger partial charge in [0.25, 0.3) is 5.56 Å². The highest BCUT2D eigenvalue weighted by atomic mass is 32.2. The van der Waals surface area contributed by atoms with Crippen molar-refractivity contribution in [3.63, 3.8) is 0 Å². The average molecular weight is 282 g/mol. The van der Waals surface area contributed by atoms with E-state index in [0.717, 1.165) is 5.56 Å². The van der Waals surface area contributed by atoms with Gasteiger partial charge in [-0.3, -0.25) is 4.79 Å². The van der Waals surface area contributed by atoms with E-state index in [-0.39, 0.29) is 12.0 Å². The van der Waals surface area contributed by atoms with E-state index in [1.54, 1.807) is 24.5 Å². The lowest BCUT2D eigenvalue weighted by atomic mass is 10.0. The molecule has 5 nitrogen and oxygen atoms in total. The first-order valence-electron chi connectivity index (χ1n) is 5.74. The van der Waals surface area contributed by atoms with Gasteiger partial charge in [0.2, 0.25) is 0 Å². The van der Waals surface area contributed by atoms with Crippen LogP contribution in [0.3, 0.4) is 0 Å². The Bertz CT molecular complexity index is 783. The van der Waals surface area contributed by atoms with Crippen LogP contribution in [0.1, 0.15) is 11.1 Å². The van der Waals surface area contributed by atoms with E-state index in [1.165, 1.54) is 11.8 Å². The van der Waals surface area contributed by atoms with Crippen LogP contribution in [0.15, 0.2) is 34.2 Å². The lowest BCUT2D eigenvalue weighted by Gasteiger charge is -2.06. The Labute approximate surface area is 119 Å².